The maximum absolute atomic E-state index is 3.80. The Hall–Kier alpha value is -0.120. The van der Waals surface area contributed by atoms with Crippen LogP contribution in [0.15, 0.2) is 0 Å². The van der Waals surface area contributed by atoms with Gasteiger partial charge in [-0.3, -0.25) is 4.90 Å². The first-order valence-electron chi connectivity index (χ1n) is 9.37. The van der Waals surface area contributed by atoms with Crippen LogP contribution in [0.1, 0.15) is 59.3 Å². The van der Waals surface area contributed by atoms with Crippen molar-refractivity contribution in [3.8, 4) is 0 Å². The molecule has 0 bridgehead atoms. The molecule has 0 spiro atoms. The van der Waals surface area contributed by atoms with Crippen LogP contribution in [-0.2, 0) is 0 Å². The van der Waals surface area contributed by atoms with E-state index < -0.39 is 0 Å². The van der Waals surface area contributed by atoms with E-state index >= 15 is 0 Å². The molecule has 0 amide bonds. The second-order valence-corrected chi connectivity index (χ2v) is 7.23. The van der Waals surface area contributed by atoms with Crippen molar-refractivity contribution in [1.82, 2.24) is 15.1 Å². The topological polar surface area (TPSA) is 18.5 Å². The lowest BCUT2D eigenvalue weighted by molar-refractivity contribution is 0.0585. The molecule has 1 aliphatic carbocycles. The third-order valence-electron chi connectivity index (χ3n) is 5.81. The van der Waals surface area contributed by atoms with Gasteiger partial charge >= 0.3 is 0 Å². The third-order valence-corrected chi connectivity index (χ3v) is 5.81. The molecule has 1 saturated carbocycles. The molecule has 1 saturated heterocycles. The quantitative estimate of drug-likeness (QED) is 0.841. The van der Waals surface area contributed by atoms with Crippen molar-refractivity contribution in [2.24, 2.45) is 5.92 Å². The van der Waals surface area contributed by atoms with Gasteiger partial charge in [-0.2, -0.15) is 0 Å². The molecule has 0 aromatic rings. The molecule has 1 heterocycles. The lowest BCUT2D eigenvalue weighted by Gasteiger charge is -2.46. The zero-order chi connectivity index (χ0) is 15.2. The zero-order valence-electron chi connectivity index (χ0n) is 14.8. The lowest BCUT2D eigenvalue weighted by atomic mass is 9.79. The van der Waals surface area contributed by atoms with Crippen molar-refractivity contribution in [1.29, 1.82) is 0 Å². The molecular weight excluding hydrogens is 258 g/mol. The first-order chi connectivity index (χ1) is 10.2. The summed E-state index contributed by atoms with van der Waals surface area (Å²) < 4.78 is 0. The van der Waals surface area contributed by atoms with Gasteiger partial charge in [-0.25, -0.2) is 0 Å². The molecule has 0 aromatic carbocycles. The summed E-state index contributed by atoms with van der Waals surface area (Å²) >= 11 is 0. The minimum atomic E-state index is 0.718. The van der Waals surface area contributed by atoms with Crippen LogP contribution in [0.5, 0.6) is 0 Å². The predicted octanol–water partition coefficient (Wildman–Crippen LogP) is 2.96. The molecule has 3 nitrogen and oxygen atoms in total. The van der Waals surface area contributed by atoms with Gasteiger partial charge in [-0.15, -0.1) is 0 Å². The molecule has 21 heavy (non-hydrogen) atoms. The summed E-state index contributed by atoms with van der Waals surface area (Å²) in [6.07, 6.45) is 8.19. The summed E-state index contributed by atoms with van der Waals surface area (Å²) in [6, 6.07) is 2.23. The molecule has 4 unspecified atom stereocenters. The number of nitrogens with one attached hydrogen (secondary N) is 1. The second-order valence-electron chi connectivity index (χ2n) is 7.23. The number of hydrogen-bond acceptors (Lipinski definition) is 3. The van der Waals surface area contributed by atoms with Crippen molar-refractivity contribution in [3.63, 3.8) is 0 Å². The predicted molar refractivity (Wildman–Crippen MR) is 91.8 cm³/mol. The Morgan fingerprint density at radius 3 is 2.52 bits per heavy atom. The maximum atomic E-state index is 3.80. The van der Waals surface area contributed by atoms with Crippen molar-refractivity contribution in [2.45, 2.75) is 77.4 Å². The highest BCUT2D eigenvalue weighted by molar-refractivity contribution is 4.94. The van der Waals surface area contributed by atoms with Crippen LogP contribution in [0.4, 0.5) is 0 Å². The van der Waals surface area contributed by atoms with Gasteiger partial charge in [0.2, 0.25) is 0 Å². The minimum absolute atomic E-state index is 0.718. The van der Waals surface area contributed by atoms with Crippen molar-refractivity contribution < 1.29 is 0 Å². The van der Waals surface area contributed by atoms with Gasteiger partial charge < -0.3 is 10.2 Å². The first-order valence-corrected chi connectivity index (χ1v) is 9.37. The van der Waals surface area contributed by atoms with Gasteiger partial charge in [0.05, 0.1) is 0 Å². The highest BCUT2D eigenvalue weighted by Gasteiger charge is 2.36. The van der Waals surface area contributed by atoms with Gasteiger partial charge in [0, 0.05) is 31.2 Å². The molecule has 1 aliphatic heterocycles. The monoisotopic (exact) mass is 295 g/mol. The normalized spacial score (nSPS) is 36.6. The number of rotatable bonds is 5. The van der Waals surface area contributed by atoms with Crippen LogP contribution in [0.2, 0.25) is 0 Å². The van der Waals surface area contributed by atoms with E-state index in [0.29, 0.717) is 0 Å². The summed E-state index contributed by atoms with van der Waals surface area (Å²) in [6.45, 7) is 11.9. The van der Waals surface area contributed by atoms with Crippen molar-refractivity contribution in [3.05, 3.63) is 0 Å². The zero-order valence-corrected chi connectivity index (χ0v) is 14.8. The molecule has 0 aromatic heterocycles. The third kappa shape index (κ3) is 4.43. The Kier molecular flexibility index (Phi) is 6.97. The van der Waals surface area contributed by atoms with E-state index in [4.69, 9.17) is 0 Å². The fourth-order valence-electron chi connectivity index (χ4n) is 4.53. The lowest BCUT2D eigenvalue weighted by Crippen LogP contribution is -2.57. The maximum Gasteiger partial charge on any atom is 0.0255 e. The molecule has 2 rings (SSSR count). The van der Waals surface area contributed by atoms with Gasteiger partial charge in [0.15, 0.2) is 0 Å². The molecule has 2 aliphatic rings. The van der Waals surface area contributed by atoms with Crippen LogP contribution in [0.25, 0.3) is 0 Å². The van der Waals surface area contributed by atoms with E-state index in [1.54, 1.807) is 0 Å². The fraction of sp³-hybridized carbons (Fsp3) is 1.00. The van der Waals surface area contributed by atoms with E-state index in [2.05, 4.69) is 42.9 Å². The van der Waals surface area contributed by atoms with Crippen LogP contribution in [0, 0.1) is 5.92 Å². The fourth-order valence-corrected chi connectivity index (χ4v) is 4.53. The summed E-state index contributed by atoms with van der Waals surface area (Å²) in [5, 5.41) is 3.80. The summed E-state index contributed by atoms with van der Waals surface area (Å²) in [5.74, 6) is 0.948. The average Bonchev–Trinajstić information content (AvgIpc) is 2.69. The Bertz CT molecular complexity index is 294. The molecule has 3 heteroatoms. The molecule has 1 N–H and O–H groups in total. The smallest absolute Gasteiger partial charge is 0.0255 e. The Morgan fingerprint density at radius 2 is 1.86 bits per heavy atom. The van der Waals surface area contributed by atoms with E-state index in [0.717, 1.165) is 30.6 Å². The molecule has 4 atom stereocenters. The van der Waals surface area contributed by atoms with Crippen molar-refractivity contribution >= 4 is 0 Å². The van der Waals surface area contributed by atoms with E-state index in [1.807, 2.05) is 0 Å². The molecule has 0 radical (unpaired) electrons. The number of hydrogen-bond donors (Lipinski definition) is 1. The largest absolute Gasteiger partial charge is 0.313 e. The molecule has 124 valence electrons. The second kappa shape index (κ2) is 8.50. The Balaban J connectivity index is 2.11. The van der Waals surface area contributed by atoms with Crippen LogP contribution in [0.3, 0.4) is 0 Å². The van der Waals surface area contributed by atoms with E-state index in [9.17, 15) is 0 Å². The Labute approximate surface area is 132 Å². The standard InChI is InChI=1S/C18H37N3/c1-5-15-9-10-17(19-7-3)18(13-15)21-12-8-11-20(4)14-16(21)6-2/h15-19H,5-14H2,1-4H3. The Morgan fingerprint density at radius 1 is 1.05 bits per heavy atom. The summed E-state index contributed by atoms with van der Waals surface area (Å²) in [5.41, 5.74) is 0. The highest BCUT2D eigenvalue weighted by Crippen LogP contribution is 2.32. The van der Waals surface area contributed by atoms with Gasteiger partial charge in [0.1, 0.15) is 0 Å². The minimum Gasteiger partial charge on any atom is -0.313 e. The number of nitrogens with zero attached hydrogens (tertiary/aromatic N) is 2. The van der Waals surface area contributed by atoms with Crippen LogP contribution < -0.4 is 5.32 Å². The first kappa shape index (κ1) is 17.2. The SMILES string of the molecule is CCNC1CCC(CC)CC1N1CCCN(C)CC1CC. The van der Waals surface area contributed by atoms with E-state index in [1.165, 1.54) is 58.2 Å². The molecular formula is C18H37N3. The van der Waals surface area contributed by atoms with Crippen LogP contribution >= 0.6 is 0 Å². The van der Waals surface area contributed by atoms with Gasteiger partial charge in [0.25, 0.3) is 0 Å². The molecule has 2 fully saturated rings. The number of likely N-dealkylation sites (N-methyl/N-ethyl adjacent to an activating group) is 2. The van der Waals surface area contributed by atoms with Crippen LogP contribution in [-0.4, -0.2) is 61.2 Å². The average molecular weight is 296 g/mol. The summed E-state index contributed by atoms with van der Waals surface area (Å²) in [7, 11) is 2.30. The highest BCUT2D eigenvalue weighted by atomic mass is 15.3. The van der Waals surface area contributed by atoms with E-state index in [-0.39, 0.29) is 0 Å². The van der Waals surface area contributed by atoms with Gasteiger partial charge in [-0.1, -0.05) is 27.2 Å². The van der Waals surface area contributed by atoms with Crippen molar-refractivity contribution in [2.75, 3.05) is 33.2 Å². The van der Waals surface area contributed by atoms with Gasteiger partial charge in [-0.05, 0) is 58.2 Å². The summed E-state index contributed by atoms with van der Waals surface area (Å²) in [4.78, 5) is 5.43.